The van der Waals surface area contributed by atoms with Crippen LogP contribution in [-0.2, 0) is 6.61 Å². The van der Waals surface area contributed by atoms with Gasteiger partial charge in [-0.3, -0.25) is 4.98 Å². The van der Waals surface area contributed by atoms with E-state index in [9.17, 15) is 0 Å². The van der Waals surface area contributed by atoms with Crippen LogP contribution in [0.25, 0.3) is 22.3 Å². The summed E-state index contributed by atoms with van der Waals surface area (Å²) in [4.78, 5) is 13.4. The number of halogens is 1. The Kier molecular flexibility index (Phi) is 4.71. The van der Waals surface area contributed by atoms with E-state index in [0.29, 0.717) is 34.7 Å². The number of rotatable bonds is 4. The summed E-state index contributed by atoms with van der Waals surface area (Å²) in [7, 11) is 0. The third-order valence-electron chi connectivity index (χ3n) is 4.26. The first-order chi connectivity index (χ1) is 13.5. The number of fused-ring (bicyclic) bond motifs is 1. The molecule has 0 aliphatic heterocycles. The van der Waals surface area contributed by atoms with Crippen LogP contribution in [0, 0.1) is 6.92 Å². The van der Waals surface area contributed by atoms with Crippen molar-refractivity contribution in [3.63, 3.8) is 0 Å². The third kappa shape index (κ3) is 3.68. The SMILES string of the molecule is Cc1cccc(COc2ccc(-c3nc(N)c4cc(N)ccc4n3)cc2Cl)n1. The van der Waals surface area contributed by atoms with Crippen molar-refractivity contribution < 1.29 is 4.74 Å². The second-order valence-electron chi connectivity index (χ2n) is 6.41. The van der Waals surface area contributed by atoms with Gasteiger partial charge in [0.05, 0.1) is 16.2 Å². The molecular formula is C21H18ClN5O. The van der Waals surface area contributed by atoms with Crippen molar-refractivity contribution in [2.45, 2.75) is 13.5 Å². The minimum absolute atomic E-state index is 0.335. The Morgan fingerprint density at radius 1 is 0.964 bits per heavy atom. The molecule has 4 aromatic rings. The first-order valence-electron chi connectivity index (χ1n) is 8.67. The van der Waals surface area contributed by atoms with Gasteiger partial charge in [-0.15, -0.1) is 0 Å². The molecule has 0 saturated heterocycles. The lowest BCUT2D eigenvalue weighted by molar-refractivity contribution is 0.301. The molecule has 0 fully saturated rings. The summed E-state index contributed by atoms with van der Waals surface area (Å²) >= 11 is 6.41. The average molecular weight is 392 g/mol. The van der Waals surface area contributed by atoms with E-state index in [0.717, 1.165) is 27.9 Å². The Morgan fingerprint density at radius 2 is 1.82 bits per heavy atom. The Bertz CT molecular complexity index is 1180. The molecule has 0 unspecified atom stereocenters. The molecule has 0 aliphatic rings. The molecular weight excluding hydrogens is 374 g/mol. The lowest BCUT2D eigenvalue weighted by Crippen LogP contribution is -2.00. The molecule has 0 aliphatic carbocycles. The van der Waals surface area contributed by atoms with Crippen molar-refractivity contribution in [1.82, 2.24) is 15.0 Å². The zero-order chi connectivity index (χ0) is 19.7. The highest BCUT2D eigenvalue weighted by atomic mass is 35.5. The maximum absolute atomic E-state index is 6.41. The number of pyridine rings is 1. The van der Waals surface area contributed by atoms with E-state index in [2.05, 4.69) is 15.0 Å². The van der Waals surface area contributed by atoms with Crippen LogP contribution >= 0.6 is 11.6 Å². The normalized spacial score (nSPS) is 10.9. The quantitative estimate of drug-likeness (QED) is 0.500. The molecule has 0 bridgehead atoms. The fraction of sp³-hybridized carbons (Fsp3) is 0.0952. The predicted molar refractivity (Wildman–Crippen MR) is 112 cm³/mol. The van der Waals surface area contributed by atoms with Crippen LogP contribution in [0.4, 0.5) is 11.5 Å². The third-order valence-corrected chi connectivity index (χ3v) is 4.56. The second kappa shape index (κ2) is 7.32. The molecule has 0 atom stereocenters. The van der Waals surface area contributed by atoms with Crippen LogP contribution in [0.3, 0.4) is 0 Å². The van der Waals surface area contributed by atoms with Gasteiger partial charge in [0.2, 0.25) is 0 Å². The van der Waals surface area contributed by atoms with Crippen molar-refractivity contribution in [3.05, 3.63) is 71.0 Å². The molecule has 2 heterocycles. The second-order valence-corrected chi connectivity index (χ2v) is 6.82. The number of nitrogens with two attached hydrogens (primary N) is 2. The topological polar surface area (TPSA) is 99.9 Å². The first-order valence-corrected chi connectivity index (χ1v) is 9.05. The zero-order valence-electron chi connectivity index (χ0n) is 15.2. The fourth-order valence-corrected chi connectivity index (χ4v) is 3.12. The number of nitrogen functional groups attached to an aromatic ring is 2. The van der Waals surface area contributed by atoms with Crippen LogP contribution in [0.5, 0.6) is 5.75 Å². The fourth-order valence-electron chi connectivity index (χ4n) is 2.89. The van der Waals surface area contributed by atoms with Crippen LogP contribution in [0.2, 0.25) is 5.02 Å². The maximum Gasteiger partial charge on any atom is 0.162 e. The Labute approximate surface area is 167 Å². The van der Waals surface area contributed by atoms with Gasteiger partial charge >= 0.3 is 0 Å². The highest BCUT2D eigenvalue weighted by Crippen LogP contribution is 2.31. The van der Waals surface area contributed by atoms with Gasteiger partial charge in [-0.25, -0.2) is 9.97 Å². The van der Waals surface area contributed by atoms with E-state index in [-0.39, 0.29) is 0 Å². The Morgan fingerprint density at radius 3 is 2.61 bits per heavy atom. The van der Waals surface area contributed by atoms with Crippen molar-refractivity contribution in [2.24, 2.45) is 0 Å². The van der Waals surface area contributed by atoms with E-state index in [1.54, 1.807) is 24.3 Å². The number of hydrogen-bond acceptors (Lipinski definition) is 6. The molecule has 4 rings (SSSR count). The molecule has 28 heavy (non-hydrogen) atoms. The van der Waals surface area contributed by atoms with Gasteiger partial charge in [0.25, 0.3) is 0 Å². The molecule has 0 radical (unpaired) electrons. The molecule has 0 amide bonds. The standard InChI is InChI=1S/C21H18ClN5O/c1-12-3-2-4-15(25-12)11-28-19-8-5-13(9-17(19)22)21-26-18-7-6-14(23)10-16(18)20(24)27-21/h2-10H,11,23H2,1H3,(H2,24,26,27). The smallest absolute Gasteiger partial charge is 0.162 e. The average Bonchev–Trinajstić information content (AvgIpc) is 2.67. The van der Waals surface area contributed by atoms with E-state index >= 15 is 0 Å². The number of aryl methyl sites for hydroxylation is 1. The highest BCUT2D eigenvalue weighted by Gasteiger charge is 2.11. The largest absolute Gasteiger partial charge is 0.486 e. The summed E-state index contributed by atoms with van der Waals surface area (Å²) in [6, 6.07) is 16.6. The van der Waals surface area contributed by atoms with Gasteiger partial charge < -0.3 is 16.2 Å². The minimum atomic E-state index is 0.335. The molecule has 0 spiro atoms. The van der Waals surface area contributed by atoms with E-state index < -0.39 is 0 Å². The molecule has 6 nitrogen and oxygen atoms in total. The summed E-state index contributed by atoms with van der Waals surface area (Å²) in [5, 5.41) is 1.19. The summed E-state index contributed by atoms with van der Waals surface area (Å²) in [5.74, 6) is 1.42. The first kappa shape index (κ1) is 18.0. The summed E-state index contributed by atoms with van der Waals surface area (Å²) < 4.78 is 5.80. The van der Waals surface area contributed by atoms with Crippen molar-refractivity contribution in [3.8, 4) is 17.1 Å². The van der Waals surface area contributed by atoms with Gasteiger partial charge in [0, 0.05) is 22.3 Å². The zero-order valence-corrected chi connectivity index (χ0v) is 15.9. The van der Waals surface area contributed by atoms with Gasteiger partial charge in [0.1, 0.15) is 18.2 Å². The summed E-state index contributed by atoms with van der Waals surface area (Å²) in [6.45, 7) is 2.27. The predicted octanol–water partition coefficient (Wildman–Crippen LogP) is 4.40. The minimum Gasteiger partial charge on any atom is -0.486 e. The molecule has 0 saturated carbocycles. The van der Waals surface area contributed by atoms with Crippen LogP contribution in [-0.4, -0.2) is 15.0 Å². The van der Waals surface area contributed by atoms with Gasteiger partial charge in [-0.05, 0) is 55.5 Å². The lowest BCUT2D eigenvalue weighted by atomic mass is 10.1. The van der Waals surface area contributed by atoms with Crippen molar-refractivity contribution in [1.29, 1.82) is 0 Å². The van der Waals surface area contributed by atoms with E-state index in [1.165, 1.54) is 0 Å². The number of nitrogens with zero attached hydrogens (tertiary/aromatic N) is 3. The van der Waals surface area contributed by atoms with Gasteiger partial charge in [0.15, 0.2) is 5.82 Å². The monoisotopic (exact) mass is 391 g/mol. The van der Waals surface area contributed by atoms with Gasteiger partial charge in [-0.1, -0.05) is 17.7 Å². The molecule has 7 heteroatoms. The van der Waals surface area contributed by atoms with Crippen molar-refractivity contribution in [2.75, 3.05) is 11.5 Å². The van der Waals surface area contributed by atoms with Crippen LogP contribution in [0.15, 0.2) is 54.6 Å². The molecule has 4 N–H and O–H groups in total. The van der Waals surface area contributed by atoms with Crippen LogP contribution < -0.4 is 16.2 Å². The number of aromatic nitrogens is 3. The number of ether oxygens (including phenoxy) is 1. The Balaban J connectivity index is 1.60. The molecule has 2 aromatic carbocycles. The van der Waals surface area contributed by atoms with E-state index in [4.69, 9.17) is 27.8 Å². The maximum atomic E-state index is 6.41. The molecule has 2 aromatic heterocycles. The number of anilines is 2. The van der Waals surface area contributed by atoms with Gasteiger partial charge in [-0.2, -0.15) is 0 Å². The summed E-state index contributed by atoms with van der Waals surface area (Å²) in [6.07, 6.45) is 0. The molecule has 140 valence electrons. The lowest BCUT2D eigenvalue weighted by Gasteiger charge is -2.10. The number of hydrogen-bond donors (Lipinski definition) is 2. The highest BCUT2D eigenvalue weighted by molar-refractivity contribution is 6.32. The van der Waals surface area contributed by atoms with Crippen molar-refractivity contribution >= 4 is 34.0 Å². The summed E-state index contributed by atoms with van der Waals surface area (Å²) in [5.41, 5.74) is 15.8. The van der Waals surface area contributed by atoms with Crippen LogP contribution in [0.1, 0.15) is 11.4 Å². The van der Waals surface area contributed by atoms with E-state index in [1.807, 2.05) is 37.3 Å². The number of benzene rings is 2. The Hall–Kier alpha value is -3.38.